The number of hydrogen-bond acceptors (Lipinski definition) is 8. The molecule has 2 saturated heterocycles. The second-order valence-corrected chi connectivity index (χ2v) is 16.4. The van der Waals surface area contributed by atoms with Gasteiger partial charge in [0.05, 0.1) is 44.5 Å². The van der Waals surface area contributed by atoms with Gasteiger partial charge in [0.15, 0.2) is 6.29 Å². The summed E-state index contributed by atoms with van der Waals surface area (Å²) in [5, 5.41) is 13.2. The maximum absolute atomic E-state index is 13.7. The summed E-state index contributed by atoms with van der Waals surface area (Å²) >= 11 is 6.49. The second-order valence-electron chi connectivity index (χ2n) is 16.0. The van der Waals surface area contributed by atoms with Crippen LogP contribution >= 0.6 is 11.6 Å². The van der Waals surface area contributed by atoms with Crippen LogP contribution in [0.2, 0.25) is 5.02 Å². The van der Waals surface area contributed by atoms with Crippen molar-refractivity contribution < 1.29 is 37.6 Å². The number of aryl methyl sites for hydroxylation is 1. The van der Waals surface area contributed by atoms with E-state index >= 15 is 0 Å². The molecule has 6 aliphatic rings. The van der Waals surface area contributed by atoms with Crippen molar-refractivity contribution in [3.8, 4) is 5.75 Å². The van der Waals surface area contributed by atoms with Crippen LogP contribution in [0.1, 0.15) is 55.2 Å². The maximum Gasteiger partial charge on any atom is 0.272 e. The molecule has 1 amide bonds. The molecule has 7 atom stereocenters. The molecule has 52 heavy (non-hydrogen) atoms. The molecule has 2 aromatic carbocycles. The Bertz CT molecular complexity index is 1690. The van der Waals surface area contributed by atoms with Crippen LogP contribution in [0.5, 0.6) is 5.75 Å². The van der Waals surface area contributed by atoms with Crippen LogP contribution in [0.25, 0.3) is 0 Å². The summed E-state index contributed by atoms with van der Waals surface area (Å²) in [6.07, 6.45) is 8.17. The second kappa shape index (κ2) is 14.1. The van der Waals surface area contributed by atoms with E-state index in [4.69, 9.17) is 30.5 Å². The number of likely N-dealkylation sites (tertiary alicyclic amines) is 1. The molecule has 2 aliphatic carbocycles. The Hall–Kier alpha value is -2.80. The molecule has 1 saturated carbocycles. The van der Waals surface area contributed by atoms with Gasteiger partial charge < -0.3 is 33.9 Å². The van der Waals surface area contributed by atoms with Crippen molar-refractivity contribution >= 4 is 23.2 Å². The Morgan fingerprint density at radius 3 is 2.71 bits per heavy atom. The average Bonchev–Trinajstić information content (AvgIpc) is 3.91. The highest BCUT2D eigenvalue weighted by atomic mass is 35.5. The van der Waals surface area contributed by atoms with Gasteiger partial charge in [-0.2, -0.15) is 0 Å². The number of carbonyl (C=O) groups excluding carboxylic acids is 1. The summed E-state index contributed by atoms with van der Waals surface area (Å²) in [4.78, 5) is 19.5. The number of epoxide rings is 1. The van der Waals surface area contributed by atoms with Gasteiger partial charge in [-0.3, -0.25) is 9.69 Å². The summed E-state index contributed by atoms with van der Waals surface area (Å²) in [5.74, 6) is -1.52. The lowest BCUT2D eigenvalue weighted by molar-refractivity contribution is -0.138. The number of rotatable bonds is 6. The van der Waals surface area contributed by atoms with Gasteiger partial charge in [0.25, 0.3) is 5.92 Å². The van der Waals surface area contributed by atoms with Gasteiger partial charge in [-0.05, 0) is 91.3 Å². The fraction of sp³-hybridized carbons (Fsp3) is 0.625. The lowest BCUT2D eigenvalue weighted by Crippen LogP contribution is -2.57. The molecule has 12 heteroatoms. The molecule has 3 fully saturated rings. The third-order valence-corrected chi connectivity index (χ3v) is 12.7. The van der Waals surface area contributed by atoms with E-state index in [0.717, 1.165) is 55.1 Å². The minimum atomic E-state index is -2.60. The fourth-order valence-electron chi connectivity index (χ4n) is 9.30. The SMILES string of the molecule is COC1OC1[C@@]1(O)CC(=O)N(C)CC/C=C/[C@H](OCCN2CC(F)(F)C2)[C@@H]2CC[C@H]2CN2C[C@@]3(CCCc4cc(Cl)ccc43)COc3ccc1cc32. The van der Waals surface area contributed by atoms with Gasteiger partial charge in [0.1, 0.15) is 17.5 Å². The van der Waals surface area contributed by atoms with Gasteiger partial charge in [-0.1, -0.05) is 35.9 Å². The van der Waals surface area contributed by atoms with Gasteiger partial charge in [-0.25, -0.2) is 8.78 Å². The van der Waals surface area contributed by atoms with Crippen molar-refractivity contribution in [3.63, 3.8) is 0 Å². The van der Waals surface area contributed by atoms with E-state index in [9.17, 15) is 18.7 Å². The number of ether oxygens (including phenoxy) is 4. The molecule has 9 nitrogen and oxygen atoms in total. The lowest BCUT2D eigenvalue weighted by Gasteiger charge is -2.46. The first-order chi connectivity index (χ1) is 25.0. The zero-order valence-corrected chi connectivity index (χ0v) is 30.8. The first-order valence-corrected chi connectivity index (χ1v) is 19.2. The fourth-order valence-corrected chi connectivity index (χ4v) is 9.49. The Morgan fingerprint density at radius 2 is 1.96 bits per heavy atom. The molecule has 8 rings (SSSR count). The first-order valence-electron chi connectivity index (χ1n) is 18.8. The Kier molecular flexibility index (Phi) is 9.83. The number of fused-ring (bicyclic) bond motifs is 4. The van der Waals surface area contributed by atoms with E-state index in [1.165, 1.54) is 11.1 Å². The Morgan fingerprint density at radius 1 is 1.12 bits per heavy atom. The molecule has 0 aromatic heterocycles. The van der Waals surface area contributed by atoms with Crippen LogP contribution in [-0.4, -0.2) is 112 Å². The lowest BCUT2D eigenvalue weighted by atomic mass is 9.68. The molecule has 1 spiro atoms. The molecule has 2 aromatic rings. The summed E-state index contributed by atoms with van der Waals surface area (Å²) < 4.78 is 51.6. The average molecular weight is 742 g/mol. The molecule has 2 bridgehead atoms. The predicted molar refractivity (Wildman–Crippen MR) is 193 cm³/mol. The van der Waals surface area contributed by atoms with E-state index in [2.05, 4.69) is 29.2 Å². The van der Waals surface area contributed by atoms with E-state index in [-0.39, 0.29) is 42.9 Å². The zero-order valence-electron chi connectivity index (χ0n) is 30.1. The third-order valence-electron chi connectivity index (χ3n) is 12.5. The van der Waals surface area contributed by atoms with E-state index in [0.29, 0.717) is 50.8 Å². The topological polar surface area (TPSA) is 87.2 Å². The highest BCUT2D eigenvalue weighted by Gasteiger charge is 2.57. The third kappa shape index (κ3) is 6.97. The highest BCUT2D eigenvalue weighted by molar-refractivity contribution is 6.30. The normalized spacial score (nSPS) is 35.0. The number of amides is 1. The van der Waals surface area contributed by atoms with Gasteiger partial charge >= 0.3 is 0 Å². The molecule has 4 heterocycles. The number of hydrogen-bond donors (Lipinski definition) is 1. The molecule has 4 aliphatic heterocycles. The molecular weight excluding hydrogens is 692 g/mol. The Balaban J connectivity index is 1.15. The van der Waals surface area contributed by atoms with Gasteiger partial charge in [0, 0.05) is 50.8 Å². The minimum absolute atomic E-state index is 0.165. The molecule has 1 N–H and O–H groups in total. The van der Waals surface area contributed by atoms with Crippen LogP contribution in [0, 0.1) is 11.8 Å². The van der Waals surface area contributed by atoms with Crippen LogP contribution in [0.15, 0.2) is 48.6 Å². The summed E-state index contributed by atoms with van der Waals surface area (Å²) in [5.41, 5.74) is 2.12. The van der Waals surface area contributed by atoms with Crippen LogP contribution in [-0.2, 0) is 36.4 Å². The van der Waals surface area contributed by atoms with Gasteiger partial charge in [-0.15, -0.1) is 0 Å². The summed E-state index contributed by atoms with van der Waals surface area (Å²) in [7, 11) is 3.29. The number of aliphatic hydroxyl groups is 1. The van der Waals surface area contributed by atoms with Crippen molar-refractivity contribution in [2.45, 2.75) is 80.4 Å². The van der Waals surface area contributed by atoms with Crippen molar-refractivity contribution in [1.29, 1.82) is 0 Å². The largest absolute Gasteiger partial charge is 0.490 e. The van der Waals surface area contributed by atoms with Crippen LogP contribution in [0.4, 0.5) is 14.5 Å². The number of benzene rings is 2. The number of halogens is 3. The quantitative estimate of drug-likeness (QED) is 0.305. The minimum Gasteiger partial charge on any atom is -0.490 e. The summed E-state index contributed by atoms with van der Waals surface area (Å²) in [6, 6.07) is 12.0. The standard InChI is InChI=1S/C40H50ClF2N3O6/c1-44-15-4-3-7-33(50-17-16-45-23-39(42,43)24-45)30-11-8-27(30)21-46-22-38(14-5-6-26-18-29(41)10-12-31(26)38)25-51-34-13-9-28(19-32(34)46)40(48,20-35(44)47)36-37(49-2)52-36/h3,7,9-10,12-13,18-19,27,30,33,36-37,48H,4-6,8,11,14-17,20-25H2,1-2H3/b7-3+/t27-,30+,33-,36?,37?,38-,40+/m0/s1. The summed E-state index contributed by atoms with van der Waals surface area (Å²) in [6.45, 7) is 2.86. The van der Waals surface area contributed by atoms with Crippen molar-refractivity contribution in [2.75, 3.05) is 71.5 Å². The predicted octanol–water partition coefficient (Wildman–Crippen LogP) is 5.54. The number of alkyl halides is 2. The molecule has 282 valence electrons. The molecular formula is C40H50ClF2N3O6. The van der Waals surface area contributed by atoms with Gasteiger partial charge in [0.2, 0.25) is 5.91 Å². The smallest absolute Gasteiger partial charge is 0.272 e. The highest BCUT2D eigenvalue weighted by Crippen LogP contribution is 2.49. The number of anilines is 1. The number of nitrogens with zero attached hydrogens (tertiary/aromatic N) is 3. The first kappa shape index (κ1) is 36.2. The van der Waals surface area contributed by atoms with E-state index in [1.807, 2.05) is 24.3 Å². The van der Waals surface area contributed by atoms with Crippen molar-refractivity contribution in [1.82, 2.24) is 9.80 Å². The monoisotopic (exact) mass is 741 g/mol. The molecule has 0 radical (unpaired) electrons. The van der Waals surface area contributed by atoms with Crippen LogP contribution < -0.4 is 9.64 Å². The van der Waals surface area contributed by atoms with Crippen LogP contribution in [0.3, 0.4) is 0 Å². The van der Waals surface area contributed by atoms with Crippen molar-refractivity contribution in [2.24, 2.45) is 11.8 Å². The Labute approximate surface area is 309 Å². The van der Waals surface area contributed by atoms with E-state index < -0.39 is 23.9 Å². The number of methoxy groups -OCH3 is 1. The van der Waals surface area contributed by atoms with E-state index in [1.54, 1.807) is 24.0 Å². The zero-order chi connectivity index (χ0) is 36.3. The molecule has 2 unspecified atom stereocenters. The maximum atomic E-state index is 13.7. The van der Waals surface area contributed by atoms with Crippen molar-refractivity contribution in [3.05, 3.63) is 70.3 Å². The number of carbonyl (C=O) groups is 1.